The second-order valence-corrected chi connectivity index (χ2v) is 5.28. The van der Waals surface area contributed by atoms with Crippen molar-refractivity contribution >= 4 is 17.5 Å². The Balaban J connectivity index is 1.77. The van der Waals surface area contributed by atoms with Crippen LogP contribution >= 0.6 is 0 Å². The lowest BCUT2D eigenvalue weighted by molar-refractivity contribution is 0.0697. The van der Waals surface area contributed by atoms with Crippen molar-refractivity contribution in [3.63, 3.8) is 0 Å². The number of aromatic carboxylic acids is 1. The van der Waals surface area contributed by atoms with Gasteiger partial charge in [-0.05, 0) is 49.4 Å². The predicted molar refractivity (Wildman–Crippen MR) is 95.3 cm³/mol. The Morgan fingerprint density at radius 2 is 1.92 bits per heavy atom. The highest BCUT2D eigenvalue weighted by Gasteiger charge is 2.06. The van der Waals surface area contributed by atoms with Crippen LogP contribution in [-0.2, 0) is 0 Å². The van der Waals surface area contributed by atoms with Gasteiger partial charge < -0.3 is 15.2 Å². The van der Waals surface area contributed by atoms with Crippen LogP contribution in [0.15, 0.2) is 60.7 Å². The second-order valence-electron chi connectivity index (χ2n) is 5.28. The maximum atomic E-state index is 11.0. The summed E-state index contributed by atoms with van der Waals surface area (Å²) in [4.78, 5) is 11.0. The number of nitrogens with zero attached hydrogens (tertiary/aromatic N) is 2. The van der Waals surface area contributed by atoms with E-state index in [0.29, 0.717) is 18.1 Å². The lowest BCUT2D eigenvalue weighted by Gasteiger charge is -2.08. The van der Waals surface area contributed by atoms with Gasteiger partial charge in [0, 0.05) is 11.3 Å². The third-order valence-corrected chi connectivity index (χ3v) is 3.49. The molecule has 0 bridgehead atoms. The van der Waals surface area contributed by atoms with E-state index >= 15 is 0 Å². The first-order valence-electron chi connectivity index (χ1n) is 7.83. The summed E-state index contributed by atoms with van der Waals surface area (Å²) in [6, 6.07) is 17.8. The Morgan fingerprint density at radius 1 is 1.08 bits per heavy atom. The Kier molecular flexibility index (Phi) is 4.89. The minimum Gasteiger partial charge on any atom is -0.494 e. The quantitative estimate of drug-likeness (QED) is 0.709. The van der Waals surface area contributed by atoms with Gasteiger partial charge in [-0.3, -0.25) is 0 Å². The van der Waals surface area contributed by atoms with Gasteiger partial charge in [0.15, 0.2) is 5.82 Å². The first-order valence-corrected chi connectivity index (χ1v) is 7.83. The summed E-state index contributed by atoms with van der Waals surface area (Å²) in [5.41, 5.74) is 2.49. The van der Waals surface area contributed by atoms with E-state index in [1.165, 1.54) is 6.07 Å². The average Bonchev–Trinajstić information content (AvgIpc) is 2.63. The fraction of sp³-hybridized carbons (Fsp3) is 0.105. The molecule has 3 rings (SSSR count). The number of hydrogen-bond donors (Lipinski definition) is 2. The third kappa shape index (κ3) is 4.11. The van der Waals surface area contributed by atoms with E-state index in [0.717, 1.165) is 17.0 Å². The molecule has 0 amide bonds. The third-order valence-electron chi connectivity index (χ3n) is 3.49. The Morgan fingerprint density at radius 3 is 2.64 bits per heavy atom. The molecule has 0 atom stereocenters. The SMILES string of the molecule is CCOc1cccc(-c2ccc(Nc3cccc(C(=O)O)c3)nn2)c1. The van der Waals surface area contributed by atoms with Crippen LogP contribution in [0.1, 0.15) is 17.3 Å². The topological polar surface area (TPSA) is 84.3 Å². The van der Waals surface area contributed by atoms with Crippen molar-refractivity contribution in [2.45, 2.75) is 6.92 Å². The first-order chi connectivity index (χ1) is 12.2. The van der Waals surface area contributed by atoms with Gasteiger partial charge in [-0.15, -0.1) is 10.2 Å². The molecule has 0 saturated carbocycles. The molecular formula is C19H17N3O3. The van der Waals surface area contributed by atoms with Gasteiger partial charge in [-0.1, -0.05) is 18.2 Å². The highest BCUT2D eigenvalue weighted by Crippen LogP contribution is 2.23. The predicted octanol–water partition coefficient (Wildman–Crippen LogP) is 3.98. The van der Waals surface area contributed by atoms with Gasteiger partial charge in [-0.2, -0.15) is 0 Å². The summed E-state index contributed by atoms with van der Waals surface area (Å²) in [5, 5.41) is 20.5. The molecule has 6 heteroatoms. The number of rotatable bonds is 6. The maximum Gasteiger partial charge on any atom is 0.335 e. The molecule has 0 fully saturated rings. The molecule has 3 aromatic rings. The zero-order valence-electron chi connectivity index (χ0n) is 13.6. The highest BCUT2D eigenvalue weighted by molar-refractivity contribution is 5.89. The first kappa shape index (κ1) is 16.4. The number of anilines is 2. The molecule has 0 aliphatic carbocycles. The minimum absolute atomic E-state index is 0.210. The van der Waals surface area contributed by atoms with Crippen LogP contribution in [0.2, 0.25) is 0 Å². The Bertz CT molecular complexity index is 879. The standard InChI is InChI=1S/C19H17N3O3/c1-2-25-16-8-4-5-13(12-16)17-9-10-18(22-21-17)20-15-7-3-6-14(11-15)19(23)24/h3-12H,2H2,1H3,(H,20,22)(H,23,24). The minimum atomic E-state index is -0.973. The molecule has 0 unspecified atom stereocenters. The number of ether oxygens (including phenoxy) is 1. The van der Waals surface area contributed by atoms with E-state index in [1.807, 2.05) is 37.3 Å². The normalized spacial score (nSPS) is 10.3. The lowest BCUT2D eigenvalue weighted by Crippen LogP contribution is -2.00. The molecule has 0 aliphatic heterocycles. The van der Waals surface area contributed by atoms with Crippen molar-refractivity contribution in [2.75, 3.05) is 11.9 Å². The fourth-order valence-corrected chi connectivity index (χ4v) is 2.34. The van der Waals surface area contributed by atoms with Gasteiger partial charge in [0.25, 0.3) is 0 Å². The van der Waals surface area contributed by atoms with Crippen LogP contribution < -0.4 is 10.1 Å². The molecule has 0 radical (unpaired) electrons. The molecule has 126 valence electrons. The van der Waals surface area contributed by atoms with E-state index in [1.54, 1.807) is 24.3 Å². The van der Waals surface area contributed by atoms with E-state index in [-0.39, 0.29) is 5.56 Å². The maximum absolute atomic E-state index is 11.0. The van der Waals surface area contributed by atoms with E-state index < -0.39 is 5.97 Å². The summed E-state index contributed by atoms with van der Waals surface area (Å²) in [6.07, 6.45) is 0. The number of nitrogens with one attached hydrogen (secondary N) is 1. The van der Waals surface area contributed by atoms with Crippen molar-refractivity contribution < 1.29 is 14.6 Å². The summed E-state index contributed by atoms with van der Waals surface area (Å²) in [7, 11) is 0. The zero-order chi connectivity index (χ0) is 17.6. The Labute approximate surface area is 145 Å². The van der Waals surface area contributed by atoms with E-state index in [4.69, 9.17) is 9.84 Å². The molecule has 25 heavy (non-hydrogen) atoms. The van der Waals surface area contributed by atoms with Crippen molar-refractivity contribution in [1.29, 1.82) is 0 Å². The van der Waals surface area contributed by atoms with Crippen molar-refractivity contribution in [3.05, 3.63) is 66.2 Å². The smallest absolute Gasteiger partial charge is 0.335 e. The number of carboxylic acids is 1. The molecule has 0 spiro atoms. The number of carboxylic acid groups (broad SMARTS) is 1. The molecular weight excluding hydrogens is 318 g/mol. The molecule has 0 aliphatic rings. The molecule has 2 N–H and O–H groups in total. The number of benzene rings is 2. The number of hydrogen-bond acceptors (Lipinski definition) is 5. The monoisotopic (exact) mass is 335 g/mol. The summed E-state index contributed by atoms with van der Waals surface area (Å²) >= 11 is 0. The van der Waals surface area contributed by atoms with E-state index in [9.17, 15) is 4.79 Å². The van der Waals surface area contributed by atoms with Crippen molar-refractivity contribution in [3.8, 4) is 17.0 Å². The second kappa shape index (κ2) is 7.44. The van der Waals surface area contributed by atoms with Crippen LogP contribution in [0.25, 0.3) is 11.3 Å². The van der Waals surface area contributed by atoms with Crippen molar-refractivity contribution in [2.24, 2.45) is 0 Å². The average molecular weight is 335 g/mol. The Hall–Kier alpha value is -3.41. The molecule has 2 aromatic carbocycles. The molecule has 1 aromatic heterocycles. The van der Waals surface area contributed by atoms with Gasteiger partial charge in [0.05, 0.1) is 17.9 Å². The lowest BCUT2D eigenvalue weighted by atomic mass is 10.1. The fourth-order valence-electron chi connectivity index (χ4n) is 2.34. The van der Waals surface area contributed by atoms with Gasteiger partial charge in [0.1, 0.15) is 5.75 Å². The zero-order valence-corrected chi connectivity index (χ0v) is 13.6. The van der Waals surface area contributed by atoms with Crippen LogP contribution in [0.4, 0.5) is 11.5 Å². The van der Waals surface area contributed by atoms with Crippen LogP contribution in [-0.4, -0.2) is 27.9 Å². The van der Waals surface area contributed by atoms with Crippen molar-refractivity contribution in [1.82, 2.24) is 10.2 Å². The molecule has 0 saturated heterocycles. The number of carbonyl (C=O) groups is 1. The summed E-state index contributed by atoms with van der Waals surface area (Å²) in [5.74, 6) is 0.348. The van der Waals surface area contributed by atoms with Gasteiger partial charge >= 0.3 is 5.97 Å². The highest BCUT2D eigenvalue weighted by atomic mass is 16.5. The largest absolute Gasteiger partial charge is 0.494 e. The van der Waals surface area contributed by atoms with Gasteiger partial charge in [-0.25, -0.2) is 4.79 Å². The van der Waals surface area contributed by atoms with Crippen LogP contribution in [0.5, 0.6) is 5.75 Å². The summed E-state index contributed by atoms with van der Waals surface area (Å²) < 4.78 is 5.49. The van der Waals surface area contributed by atoms with Crippen LogP contribution in [0.3, 0.4) is 0 Å². The number of aromatic nitrogens is 2. The van der Waals surface area contributed by atoms with E-state index in [2.05, 4.69) is 15.5 Å². The molecule has 1 heterocycles. The van der Waals surface area contributed by atoms with Crippen LogP contribution in [0, 0.1) is 0 Å². The molecule has 6 nitrogen and oxygen atoms in total. The van der Waals surface area contributed by atoms with Gasteiger partial charge in [0.2, 0.25) is 0 Å². The summed E-state index contributed by atoms with van der Waals surface area (Å²) in [6.45, 7) is 2.54.